The molecule has 19 heavy (non-hydrogen) atoms. The predicted octanol–water partition coefficient (Wildman–Crippen LogP) is 2.94. The van der Waals surface area contributed by atoms with Gasteiger partial charge >= 0.3 is 0 Å². The quantitative estimate of drug-likeness (QED) is 0.688. The summed E-state index contributed by atoms with van der Waals surface area (Å²) in [4.78, 5) is 9.70. The van der Waals surface area contributed by atoms with E-state index in [9.17, 15) is 0 Å². The fraction of sp³-hybridized carbons (Fsp3) is 0.154. The van der Waals surface area contributed by atoms with Crippen molar-refractivity contribution in [1.82, 2.24) is 9.97 Å². The summed E-state index contributed by atoms with van der Waals surface area (Å²) in [6, 6.07) is 12.1. The molecular formula is C13H12N4S2. The van der Waals surface area contributed by atoms with E-state index in [1.807, 2.05) is 42.7 Å². The maximum absolute atomic E-state index is 9.00. The third-order valence-electron chi connectivity index (χ3n) is 2.37. The number of benzene rings is 1. The van der Waals surface area contributed by atoms with Crippen molar-refractivity contribution >= 4 is 29.3 Å². The third kappa shape index (κ3) is 3.40. The summed E-state index contributed by atoms with van der Waals surface area (Å²) < 4.78 is 0. The molecule has 0 spiro atoms. The lowest BCUT2D eigenvalue weighted by atomic mass is 10.3. The summed E-state index contributed by atoms with van der Waals surface area (Å²) in [7, 11) is 0. The summed E-state index contributed by atoms with van der Waals surface area (Å²) >= 11 is 3.05. The third-order valence-corrected chi connectivity index (χ3v) is 4.06. The molecule has 1 aromatic carbocycles. The molecule has 0 fully saturated rings. The lowest BCUT2D eigenvalue weighted by Crippen LogP contribution is -2.04. The first-order valence-electron chi connectivity index (χ1n) is 5.53. The molecule has 2 N–H and O–H groups in total. The Morgan fingerprint density at radius 3 is 2.63 bits per heavy atom. The van der Waals surface area contributed by atoms with E-state index in [4.69, 9.17) is 11.0 Å². The summed E-state index contributed by atoms with van der Waals surface area (Å²) in [5.74, 6) is 1.54. The van der Waals surface area contributed by atoms with Crippen LogP contribution in [0.1, 0.15) is 11.4 Å². The van der Waals surface area contributed by atoms with Gasteiger partial charge in [-0.15, -0.1) is 23.5 Å². The highest BCUT2D eigenvalue weighted by Crippen LogP contribution is 2.25. The van der Waals surface area contributed by atoms with Crippen LogP contribution in [0.25, 0.3) is 0 Å². The molecule has 2 aromatic rings. The second-order valence-corrected chi connectivity index (χ2v) is 5.47. The van der Waals surface area contributed by atoms with Crippen LogP contribution < -0.4 is 5.73 Å². The first-order chi connectivity index (χ1) is 9.24. The van der Waals surface area contributed by atoms with Crippen molar-refractivity contribution in [2.75, 3.05) is 12.0 Å². The maximum Gasteiger partial charge on any atom is 0.146 e. The molecule has 0 aliphatic rings. The molecule has 1 heterocycles. The molecule has 4 nitrogen and oxygen atoms in total. The fourth-order valence-electron chi connectivity index (χ4n) is 1.48. The average Bonchev–Trinajstić information content (AvgIpc) is 2.45. The van der Waals surface area contributed by atoms with Gasteiger partial charge in [0.2, 0.25) is 0 Å². The van der Waals surface area contributed by atoms with Crippen molar-refractivity contribution in [3.63, 3.8) is 0 Å². The van der Waals surface area contributed by atoms with Gasteiger partial charge in [-0.05, 0) is 18.4 Å². The van der Waals surface area contributed by atoms with Gasteiger partial charge in [0, 0.05) is 4.90 Å². The van der Waals surface area contributed by atoms with E-state index in [1.165, 1.54) is 11.8 Å². The molecule has 96 valence electrons. The van der Waals surface area contributed by atoms with Crippen LogP contribution >= 0.6 is 23.5 Å². The molecule has 0 aliphatic heterocycles. The van der Waals surface area contributed by atoms with Crippen LogP contribution in [0.4, 0.5) is 5.82 Å². The number of nitrogens with two attached hydrogens (primary N) is 1. The lowest BCUT2D eigenvalue weighted by Gasteiger charge is -2.06. The van der Waals surface area contributed by atoms with Crippen molar-refractivity contribution in [1.29, 1.82) is 5.26 Å². The van der Waals surface area contributed by atoms with Crippen LogP contribution in [-0.2, 0) is 5.75 Å². The zero-order valence-corrected chi connectivity index (χ0v) is 12.0. The van der Waals surface area contributed by atoms with Crippen LogP contribution in [0.5, 0.6) is 0 Å². The highest BCUT2D eigenvalue weighted by molar-refractivity contribution is 7.98. The predicted molar refractivity (Wildman–Crippen MR) is 78.9 cm³/mol. The smallest absolute Gasteiger partial charge is 0.146 e. The molecule has 0 unspecified atom stereocenters. The zero-order valence-electron chi connectivity index (χ0n) is 10.3. The number of nitriles is 1. The Kier molecular flexibility index (Phi) is 4.66. The summed E-state index contributed by atoms with van der Waals surface area (Å²) in [6.07, 6.45) is 1.87. The number of thioether (sulfide) groups is 2. The molecular weight excluding hydrogens is 276 g/mol. The molecule has 0 radical (unpaired) electrons. The van der Waals surface area contributed by atoms with E-state index in [0.29, 0.717) is 22.2 Å². The second kappa shape index (κ2) is 6.45. The van der Waals surface area contributed by atoms with Gasteiger partial charge in [0.05, 0.1) is 5.75 Å². The minimum absolute atomic E-state index is 0.255. The monoisotopic (exact) mass is 288 g/mol. The van der Waals surface area contributed by atoms with E-state index >= 15 is 0 Å². The minimum Gasteiger partial charge on any atom is -0.382 e. The van der Waals surface area contributed by atoms with Crippen molar-refractivity contribution in [3.05, 3.63) is 41.7 Å². The van der Waals surface area contributed by atoms with Gasteiger partial charge in [0.25, 0.3) is 0 Å². The number of nitrogen functional groups attached to an aromatic ring is 1. The summed E-state index contributed by atoms with van der Waals surface area (Å²) in [5, 5.41) is 9.64. The van der Waals surface area contributed by atoms with Crippen molar-refractivity contribution in [2.45, 2.75) is 15.7 Å². The Labute approximate surface area is 120 Å². The van der Waals surface area contributed by atoms with Crippen LogP contribution in [0.3, 0.4) is 0 Å². The first-order valence-corrected chi connectivity index (χ1v) is 7.74. The Balaban J connectivity index is 2.18. The number of hydrogen-bond acceptors (Lipinski definition) is 6. The molecule has 0 amide bonds. The largest absolute Gasteiger partial charge is 0.382 e. The summed E-state index contributed by atoms with van der Waals surface area (Å²) in [6.45, 7) is 0. The van der Waals surface area contributed by atoms with E-state index < -0.39 is 0 Å². The highest BCUT2D eigenvalue weighted by Gasteiger charge is 2.11. The Bertz CT molecular complexity index is 608. The van der Waals surface area contributed by atoms with Crippen LogP contribution in [-0.4, -0.2) is 16.2 Å². The normalized spacial score (nSPS) is 10.1. The summed E-state index contributed by atoms with van der Waals surface area (Å²) in [5.41, 5.74) is 6.14. The van der Waals surface area contributed by atoms with Gasteiger partial charge in [0.1, 0.15) is 28.3 Å². The van der Waals surface area contributed by atoms with Crippen molar-refractivity contribution in [3.8, 4) is 6.07 Å². The van der Waals surface area contributed by atoms with Crippen LogP contribution in [0, 0.1) is 11.3 Å². The van der Waals surface area contributed by atoms with Gasteiger partial charge in [-0.2, -0.15) is 5.26 Å². The van der Waals surface area contributed by atoms with Gasteiger partial charge in [-0.25, -0.2) is 9.97 Å². The van der Waals surface area contributed by atoms with E-state index in [-0.39, 0.29) is 5.82 Å². The van der Waals surface area contributed by atoms with Gasteiger partial charge in [0.15, 0.2) is 0 Å². The number of rotatable bonds is 4. The lowest BCUT2D eigenvalue weighted by molar-refractivity contribution is 0.952. The van der Waals surface area contributed by atoms with E-state index in [1.54, 1.807) is 11.8 Å². The van der Waals surface area contributed by atoms with Crippen LogP contribution in [0.2, 0.25) is 0 Å². The Hall–Kier alpha value is -1.71. The van der Waals surface area contributed by atoms with E-state index in [0.717, 1.165) is 4.90 Å². The number of aromatic nitrogens is 2. The SMILES string of the molecule is CSc1nc(CSc2ccccc2)nc(N)c1C#N. The van der Waals surface area contributed by atoms with Crippen molar-refractivity contribution < 1.29 is 0 Å². The first kappa shape index (κ1) is 13.7. The number of anilines is 1. The average molecular weight is 288 g/mol. The fourth-order valence-corrected chi connectivity index (χ4v) is 2.81. The molecule has 2 rings (SSSR count). The molecule has 0 bridgehead atoms. The number of nitrogens with zero attached hydrogens (tertiary/aromatic N) is 3. The van der Waals surface area contributed by atoms with Gasteiger partial charge < -0.3 is 5.73 Å². The molecule has 0 saturated heterocycles. The topological polar surface area (TPSA) is 75.6 Å². The molecule has 0 saturated carbocycles. The van der Waals surface area contributed by atoms with Crippen LogP contribution in [0.15, 0.2) is 40.3 Å². The Morgan fingerprint density at radius 2 is 2.00 bits per heavy atom. The highest BCUT2D eigenvalue weighted by atomic mass is 32.2. The number of hydrogen-bond donors (Lipinski definition) is 1. The van der Waals surface area contributed by atoms with Crippen molar-refractivity contribution in [2.24, 2.45) is 0 Å². The van der Waals surface area contributed by atoms with E-state index in [2.05, 4.69) is 9.97 Å². The standard InChI is InChI=1S/C13H12N4S2/c1-18-13-10(7-14)12(15)16-11(17-13)8-19-9-5-3-2-4-6-9/h2-6H,8H2,1H3,(H2,15,16,17). The van der Waals surface area contributed by atoms with Gasteiger partial charge in [-0.3, -0.25) is 0 Å². The molecule has 6 heteroatoms. The zero-order chi connectivity index (χ0) is 13.7. The minimum atomic E-state index is 0.255. The maximum atomic E-state index is 9.00. The van der Waals surface area contributed by atoms with Gasteiger partial charge in [-0.1, -0.05) is 18.2 Å². The molecule has 1 aromatic heterocycles. The second-order valence-electron chi connectivity index (χ2n) is 3.62. The molecule has 0 atom stereocenters. The molecule has 0 aliphatic carbocycles. The Morgan fingerprint density at radius 1 is 1.26 bits per heavy atom.